The number of alkyl halides is 3. The van der Waals surface area contributed by atoms with Gasteiger partial charge in [0, 0.05) is 16.6 Å². The normalized spacial score (nSPS) is 11.4. The van der Waals surface area contributed by atoms with Gasteiger partial charge in [-0.15, -0.1) is 0 Å². The molecule has 0 aliphatic carbocycles. The van der Waals surface area contributed by atoms with Crippen molar-refractivity contribution in [1.29, 1.82) is 0 Å². The number of carbonyl (C=O) groups excluding carboxylic acids is 2. The number of rotatable bonds is 4. The Hall–Kier alpha value is -4.07. The molecule has 0 spiro atoms. The molecular formula is C24H16F3NO4. The van der Waals surface area contributed by atoms with Gasteiger partial charge in [-0.1, -0.05) is 30.3 Å². The number of fused-ring (bicyclic) bond motifs is 1. The number of carbonyl (C=O) groups is 2. The fourth-order valence-corrected chi connectivity index (χ4v) is 3.29. The van der Waals surface area contributed by atoms with Gasteiger partial charge in [0.25, 0.3) is 5.91 Å². The van der Waals surface area contributed by atoms with Crippen molar-refractivity contribution in [3.63, 3.8) is 0 Å². The minimum atomic E-state index is -4.44. The largest absolute Gasteiger partial charge is 0.463 e. The van der Waals surface area contributed by atoms with E-state index in [0.29, 0.717) is 33.3 Å². The van der Waals surface area contributed by atoms with Crippen LogP contribution in [0.25, 0.3) is 22.1 Å². The molecule has 4 rings (SSSR count). The van der Waals surface area contributed by atoms with Crippen molar-refractivity contribution in [2.24, 2.45) is 0 Å². The van der Waals surface area contributed by atoms with Crippen molar-refractivity contribution in [3.05, 3.63) is 89.7 Å². The Balaban J connectivity index is 1.61. The van der Waals surface area contributed by atoms with Crippen molar-refractivity contribution >= 4 is 28.5 Å². The first-order valence-electron chi connectivity index (χ1n) is 9.46. The molecule has 1 amide bonds. The SMILES string of the molecule is COC(=O)c1cc2cc(NC(=O)c3ccccc3-c3ccc(C(F)(F)F)cc3)ccc2o1. The molecule has 0 fully saturated rings. The Bertz CT molecular complexity index is 1310. The van der Waals surface area contributed by atoms with Gasteiger partial charge < -0.3 is 14.5 Å². The zero-order chi connectivity index (χ0) is 22.9. The number of benzene rings is 3. The molecule has 0 unspecified atom stereocenters. The fourth-order valence-electron chi connectivity index (χ4n) is 3.29. The lowest BCUT2D eigenvalue weighted by molar-refractivity contribution is -0.137. The standard InChI is InChI=1S/C24H16F3NO4/c1-31-23(30)21-13-15-12-17(10-11-20(15)32-21)28-22(29)19-5-3-2-4-18(19)14-6-8-16(9-7-14)24(25,26)27/h2-13H,1H3,(H,28,29). The predicted octanol–water partition coefficient (Wildman–Crippen LogP) is 6.16. The molecule has 0 aliphatic heterocycles. The van der Waals surface area contributed by atoms with Gasteiger partial charge in [0.2, 0.25) is 5.76 Å². The Morgan fingerprint density at radius 2 is 1.66 bits per heavy atom. The van der Waals surface area contributed by atoms with Crippen molar-refractivity contribution in [2.75, 3.05) is 12.4 Å². The zero-order valence-electron chi connectivity index (χ0n) is 16.7. The van der Waals surface area contributed by atoms with Gasteiger partial charge in [0.15, 0.2) is 0 Å². The van der Waals surface area contributed by atoms with Crippen molar-refractivity contribution in [2.45, 2.75) is 6.18 Å². The van der Waals surface area contributed by atoms with E-state index < -0.39 is 23.6 Å². The molecule has 0 saturated heterocycles. The van der Waals surface area contributed by atoms with E-state index in [1.807, 2.05) is 0 Å². The Morgan fingerprint density at radius 3 is 2.34 bits per heavy atom. The second-order valence-electron chi connectivity index (χ2n) is 6.93. The topological polar surface area (TPSA) is 68.5 Å². The first kappa shape index (κ1) is 21.2. The van der Waals surface area contributed by atoms with Crippen LogP contribution >= 0.6 is 0 Å². The van der Waals surface area contributed by atoms with Crippen LogP contribution in [0, 0.1) is 0 Å². The minimum absolute atomic E-state index is 0.0404. The van der Waals surface area contributed by atoms with E-state index in [0.717, 1.165) is 12.1 Å². The fraction of sp³-hybridized carbons (Fsp3) is 0.0833. The van der Waals surface area contributed by atoms with Crippen LogP contribution in [0.2, 0.25) is 0 Å². The van der Waals surface area contributed by atoms with Crippen molar-refractivity contribution in [3.8, 4) is 11.1 Å². The maximum atomic E-state index is 12.9. The average molecular weight is 439 g/mol. The van der Waals surface area contributed by atoms with E-state index in [2.05, 4.69) is 10.1 Å². The number of nitrogens with one attached hydrogen (secondary N) is 1. The van der Waals surface area contributed by atoms with Gasteiger partial charge in [-0.25, -0.2) is 4.79 Å². The second kappa shape index (κ2) is 8.22. The number of furan rings is 1. The maximum Gasteiger partial charge on any atom is 0.416 e. The summed E-state index contributed by atoms with van der Waals surface area (Å²) in [6, 6.07) is 17.6. The molecule has 32 heavy (non-hydrogen) atoms. The number of hydrogen-bond acceptors (Lipinski definition) is 4. The number of esters is 1. The third-order valence-corrected chi connectivity index (χ3v) is 4.86. The predicted molar refractivity (Wildman–Crippen MR) is 112 cm³/mol. The number of amides is 1. The van der Waals surface area contributed by atoms with E-state index in [4.69, 9.17) is 4.42 Å². The average Bonchev–Trinajstić information content (AvgIpc) is 3.21. The first-order valence-corrected chi connectivity index (χ1v) is 9.46. The number of hydrogen-bond donors (Lipinski definition) is 1. The maximum absolute atomic E-state index is 12.9. The number of methoxy groups -OCH3 is 1. The first-order chi connectivity index (χ1) is 15.3. The summed E-state index contributed by atoms with van der Waals surface area (Å²) in [5.74, 6) is -1.01. The molecule has 1 N–H and O–H groups in total. The van der Waals surface area contributed by atoms with Crippen LogP contribution in [0.1, 0.15) is 26.5 Å². The van der Waals surface area contributed by atoms with Crippen LogP contribution in [-0.4, -0.2) is 19.0 Å². The Kier molecular flexibility index (Phi) is 5.44. The van der Waals surface area contributed by atoms with Crippen LogP contribution in [0.3, 0.4) is 0 Å². The third kappa shape index (κ3) is 4.20. The summed E-state index contributed by atoms with van der Waals surface area (Å²) in [6.07, 6.45) is -4.44. The Morgan fingerprint density at radius 1 is 0.938 bits per heavy atom. The highest BCUT2D eigenvalue weighted by Gasteiger charge is 2.30. The molecule has 0 atom stereocenters. The van der Waals surface area contributed by atoms with Crippen LogP contribution in [0.5, 0.6) is 0 Å². The number of anilines is 1. The van der Waals surface area contributed by atoms with Crippen LogP contribution in [0.15, 0.2) is 77.2 Å². The molecule has 0 aliphatic rings. The van der Waals surface area contributed by atoms with Gasteiger partial charge in [-0.05, 0) is 53.6 Å². The van der Waals surface area contributed by atoms with E-state index in [9.17, 15) is 22.8 Å². The summed E-state index contributed by atoms with van der Waals surface area (Å²) in [4.78, 5) is 24.6. The number of ether oxygens (including phenoxy) is 1. The molecule has 1 heterocycles. The minimum Gasteiger partial charge on any atom is -0.463 e. The molecule has 1 aromatic heterocycles. The molecule has 162 valence electrons. The summed E-state index contributed by atoms with van der Waals surface area (Å²) < 4.78 is 48.6. The molecule has 0 saturated carbocycles. The summed E-state index contributed by atoms with van der Waals surface area (Å²) in [6.45, 7) is 0. The highest BCUT2D eigenvalue weighted by molar-refractivity contribution is 6.09. The van der Waals surface area contributed by atoms with E-state index in [-0.39, 0.29) is 5.76 Å². The molecule has 0 bridgehead atoms. The lowest BCUT2D eigenvalue weighted by Gasteiger charge is -2.12. The van der Waals surface area contributed by atoms with Crippen LogP contribution < -0.4 is 5.32 Å². The van der Waals surface area contributed by atoms with E-state index in [1.54, 1.807) is 42.5 Å². The summed E-state index contributed by atoms with van der Waals surface area (Å²) in [5, 5.41) is 3.37. The van der Waals surface area contributed by atoms with Gasteiger partial charge >= 0.3 is 12.1 Å². The lowest BCUT2D eigenvalue weighted by atomic mass is 9.98. The van der Waals surface area contributed by atoms with E-state index in [1.165, 1.54) is 25.3 Å². The quantitative estimate of drug-likeness (QED) is 0.387. The second-order valence-corrected chi connectivity index (χ2v) is 6.93. The van der Waals surface area contributed by atoms with Crippen molar-refractivity contribution < 1.29 is 31.9 Å². The van der Waals surface area contributed by atoms with Crippen LogP contribution in [-0.2, 0) is 10.9 Å². The third-order valence-electron chi connectivity index (χ3n) is 4.86. The molecule has 8 heteroatoms. The van der Waals surface area contributed by atoms with Gasteiger partial charge in [0.05, 0.1) is 12.7 Å². The van der Waals surface area contributed by atoms with Crippen LogP contribution in [0.4, 0.5) is 18.9 Å². The van der Waals surface area contributed by atoms with Crippen molar-refractivity contribution in [1.82, 2.24) is 0 Å². The highest BCUT2D eigenvalue weighted by Crippen LogP contribution is 2.32. The van der Waals surface area contributed by atoms with Gasteiger partial charge in [-0.3, -0.25) is 4.79 Å². The zero-order valence-corrected chi connectivity index (χ0v) is 16.7. The lowest BCUT2D eigenvalue weighted by Crippen LogP contribution is -2.13. The molecule has 3 aromatic carbocycles. The summed E-state index contributed by atoms with van der Waals surface area (Å²) >= 11 is 0. The monoisotopic (exact) mass is 439 g/mol. The molecule has 0 radical (unpaired) electrons. The van der Waals surface area contributed by atoms with Gasteiger partial charge in [0.1, 0.15) is 5.58 Å². The number of halogens is 3. The Labute approximate surface area is 180 Å². The summed E-state index contributed by atoms with van der Waals surface area (Å²) in [5.41, 5.74) is 1.43. The summed E-state index contributed by atoms with van der Waals surface area (Å²) in [7, 11) is 1.25. The molecular weight excluding hydrogens is 423 g/mol. The molecule has 5 nitrogen and oxygen atoms in total. The smallest absolute Gasteiger partial charge is 0.416 e. The van der Waals surface area contributed by atoms with Gasteiger partial charge in [-0.2, -0.15) is 13.2 Å². The highest BCUT2D eigenvalue weighted by atomic mass is 19.4. The molecule has 4 aromatic rings. The van der Waals surface area contributed by atoms with E-state index >= 15 is 0 Å².